The molecule has 0 radical (unpaired) electrons. The molecule has 0 heterocycles. The van der Waals surface area contributed by atoms with Gasteiger partial charge in [-0.05, 0) is 12.8 Å². The third-order valence-corrected chi connectivity index (χ3v) is 1.90. The van der Waals surface area contributed by atoms with Gasteiger partial charge in [0.2, 0.25) is 0 Å². The van der Waals surface area contributed by atoms with Crippen molar-refractivity contribution >= 4 is 11.8 Å². The summed E-state index contributed by atoms with van der Waals surface area (Å²) in [6.45, 7) is 5.91. The van der Waals surface area contributed by atoms with E-state index < -0.39 is 11.8 Å². The minimum atomic E-state index is -0.553. The standard InChI is InChI=1S/C10H21N3O2/c1-3-7-13(8-4-2)10(15)9(14)12-6-5-11/h3-8,11H2,1-2H3,(H,12,14). The summed E-state index contributed by atoms with van der Waals surface area (Å²) < 4.78 is 0. The molecular weight excluding hydrogens is 194 g/mol. The third kappa shape index (κ3) is 5.37. The van der Waals surface area contributed by atoms with Gasteiger partial charge in [0.1, 0.15) is 0 Å². The fraction of sp³-hybridized carbons (Fsp3) is 0.800. The van der Waals surface area contributed by atoms with Crippen molar-refractivity contribution in [2.45, 2.75) is 26.7 Å². The Kier molecular flexibility index (Phi) is 7.62. The summed E-state index contributed by atoms with van der Waals surface area (Å²) in [5, 5.41) is 2.47. The lowest BCUT2D eigenvalue weighted by Crippen LogP contribution is -2.44. The van der Waals surface area contributed by atoms with Crippen LogP contribution < -0.4 is 11.1 Å². The summed E-state index contributed by atoms with van der Waals surface area (Å²) in [5.41, 5.74) is 5.23. The maximum Gasteiger partial charge on any atom is 0.311 e. The molecule has 0 aromatic carbocycles. The van der Waals surface area contributed by atoms with Crippen LogP contribution in [0.2, 0.25) is 0 Å². The van der Waals surface area contributed by atoms with Gasteiger partial charge in [-0.25, -0.2) is 0 Å². The number of carbonyl (C=O) groups is 2. The predicted octanol–water partition coefficient (Wildman–Crippen LogP) is -0.290. The zero-order valence-electron chi connectivity index (χ0n) is 9.58. The first-order valence-corrected chi connectivity index (χ1v) is 5.44. The minimum absolute atomic E-state index is 0.344. The molecule has 88 valence electrons. The SMILES string of the molecule is CCCN(CCC)C(=O)C(=O)NCCN. The van der Waals surface area contributed by atoms with E-state index in [2.05, 4.69) is 5.32 Å². The van der Waals surface area contributed by atoms with Crippen LogP contribution in [0.4, 0.5) is 0 Å². The molecule has 0 aliphatic carbocycles. The van der Waals surface area contributed by atoms with Crippen LogP contribution >= 0.6 is 0 Å². The molecule has 0 fully saturated rings. The first-order valence-electron chi connectivity index (χ1n) is 5.44. The van der Waals surface area contributed by atoms with Gasteiger partial charge < -0.3 is 16.0 Å². The highest BCUT2D eigenvalue weighted by atomic mass is 16.2. The molecule has 5 nitrogen and oxygen atoms in total. The van der Waals surface area contributed by atoms with E-state index in [1.54, 1.807) is 4.90 Å². The van der Waals surface area contributed by atoms with Crippen molar-refractivity contribution in [3.63, 3.8) is 0 Å². The van der Waals surface area contributed by atoms with E-state index in [4.69, 9.17) is 5.73 Å². The largest absolute Gasteiger partial charge is 0.347 e. The lowest BCUT2D eigenvalue weighted by Gasteiger charge is -2.20. The van der Waals surface area contributed by atoms with E-state index in [0.717, 1.165) is 12.8 Å². The van der Waals surface area contributed by atoms with Gasteiger partial charge in [-0.15, -0.1) is 0 Å². The van der Waals surface area contributed by atoms with Gasteiger partial charge in [-0.3, -0.25) is 9.59 Å². The van der Waals surface area contributed by atoms with Crippen molar-refractivity contribution in [2.75, 3.05) is 26.2 Å². The molecule has 0 aromatic heterocycles. The van der Waals surface area contributed by atoms with E-state index >= 15 is 0 Å². The molecule has 3 N–H and O–H groups in total. The molecule has 2 amide bonds. The quantitative estimate of drug-likeness (QED) is 0.598. The van der Waals surface area contributed by atoms with E-state index in [9.17, 15) is 9.59 Å². The molecule has 0 rings (SSSR count). The minimum Gasteiger partial charge on any atom is -0.347 e. The number of rotatable bonds is 6. The fourth-order valence-electron chi connectivity index (χ4n) is 1.26. The smallest absolute Gasteiger partial charge is 0.311 e. The Morgan fingerprint density at radius 2 is 1.73 bits per heavy atom. The van der Waals surface area contributed by atoms with Gasteiger partial charge in [-0.2, -0.15) is 0 Å². The van der Waals surface area contributed by atoms with Crippen LogP contribution in [0.15, 0.2) is 0 Å². The lowest BCUT2D eigenvalue weighted by atomic mass is 10.3. The highest BCUT2D eigenvalue weighted by molar-refractivity contribution is 6.34. The van der Waals surface area contributed by atoms with Crippen LogP contribution in [0.25, 0.3) is 0 Å². The van der Waals surface area contributed by atoms with Gasteiger partial charge in [0, 0.05) is 26.2 Å². The summed E-state index contributed by atoms with van der Waals surface area (Å²) in [7, 11) is 0. The summed E-state index contributed by atoms with van der Waals surface area (Å²) in [6.07, 6.45) is 1.71. The van der Waals surface area contributed by atoms with E-state index in [1.807, 2.05) is 13.8 Å². The molecule has 0 bridgehead atoms. The van der Waals surface area contributed by atoms with Crippen molar-refractivity contribution < 1.29 is 9.59 Å². The molecule has 0 saturated carbocycles. The molecule has 0 spiro atoms. The zero-order chi connectivity index (χ0) is 11.7. The molecule has 0 saturated heterocycles. The number of nitrogens with zero attached hydrogens (tertiary/aromatic N) is 1. The first kappa shape index (κ1) is 13.9. The predicted molar refractivity (Wildman–Crippen MR) is 59.2 cm³/mol. The van der Waals surface area contributed by atoms with E-state index in [-0.39, 0.29) is 0 Å². The Hall–Kier alpha value is -1.10. The van der Waals surface area contributed by atoms with Crippen LogP contribution in [-0.2, 0) is 9.59 Å². The van der Waals surface area contributed by atoms with Crippen LogP contribution in [0, 0.1) is 0 Å². The van der Waals surface area contributed by atoms with Crippen molar-refractivity contribution in [1.29, 1.82) is 0 Å². The summed E-state index contributed by atoms with van der Waals surface area (Å²) in [4.78, 5) is 24.5. The molecular formula is C10H21N3O2. The number of hydrogen-bond acceptors (Lipinski definition) is 3. The first-order chi connectivity index (χ1) is 7.17. The maximum absolute atomic E-state index is 11.6. The fourth-order valence-corrected chi connectivity index (χ4v) is 1.26. The zero-order valence-corrected chi connectivity index (χ0v) is 9.58. The van der Waals surface area contributed by atoms with Crippen molar-refractivity contribution in [3.05, 3.63) is 0 Å². The van der Waals surface area contributed by atoms with Gasteiger partial charge in [0.15, 0.2) is 0 Å². The average molecular weight is 215 g/mol. The van der Waals surface area contributed by atoms with E-state index in [0.29, 0.717) is 26.2 Å². The topological polar surface area (TPSA) is 75.4 Å². The highest BCUT2D eigenvalue weighted by Gasteiger charge is 2.19. The van der Waals surface area contributed by atoms with Gasteiger partial charge in [0.05, 0.1) is 0 Å². The maximum atomic E-state index is 11.6. The third-order valence-electron chi connectivity index (χ3n) is 1.90. The second kappa shape index (κ2) is 8.23. The van der Waals surface area contributed by atoms with Crippen LogP contribution in [-0.4, -0.2) is 42.9 Å². The molecule has 15 heavy (non-hydrogen) atoms. The molecule has 0 unspecified atom stereocenters. The molecule has 0 aliphatic rings. The molecule has 0 aliphatic heterocycles. The highest BCUT2D eigenvalue weighted by Crippen LogP contribution is 1.95. The van der Waals surface area contributed by atoms with Crippen molar-refractivity contribution in [3.8, 4) is 0 Å². The van der Waals surface area contributed by atoms with E-state index in [1.165, 1.54) is 0 Å². The Morgan fingerprint density at radius 3 is 2.13 bits per heavy atom. The Labute approximate surface area is 91.0 Å². The monoisotopic (exact) mass is 215 g/mol. The molecule has 0 aromatic rings. The summed E-state index contributed by atoms with van der Waals surface area (Å²) >= 11 is 0. The Balaban J connectivity index is 4.15. The number of hydrogen-bond donors (Lipinski definition) is 2. The van der Waals surface area contributed by atoms with Crippen molar-refractivity contribution in [1.82, 2.24) is 10.2 Å². The number of amides is 2. The average Bonchev–Trinajstić information content (AvgIpc) is 2.24. The van der Waals surface area contributed by atoms with Crippen LogP contribution in [0.5, 0.6) is 0 Å². The van der Waals surface area contributed by atoms with Crippen LogP contribution in [0.3, 0.4) is 0 Å². The van der Waals surface area contributed by atoms with Gasteiger partial charge >= 0.3 is 11.8 Å². The summed E-state index contributed by atoms with van der Waals surface area (Å²) in [6, 6.07) is 0. The van der Waals surface area contributed by atoms with Crippen LogP contribution in [0.1, 0.15) is 26.7 Å². The number of nitrogens with one attached hydrogen (secondary N) is 1. The molecule has 0 atom stereocenters. The second-order valence-corrected chi connectivity index (χ2v) is 3.34. The van der Waals surface area contributed by atoms with Gasteiger partial charge in [0.25, 0.3) is 0 Å². The number of carbonyl (C=O) groups excluding carboxylic acids is 2. The summed E-state index contributed by atoms with van der Waals surface area (Å²) in [5.74, 6) is -1.01. The van der Waals surface area contributed by atoms with Crippen molar-refractivity contribution in [2.24, 2.45) is 5.73 Å². The number of nitrogens with two attached hydrogens (primary N) is 1. The van der Waals surface area contributed by atoms with Gasteiger partial charge in [-0.1, -0.05) is 13.8 Å². The normalized spacial score (nSPS) is 9.80. The molecule has 5 heteroatoms. The second-order valence-electron chi connectivity index (χ2n) is 3.34. The lowest BCUT2D eigenvalue weighted by molar-refractivity contribution is -0.145. The Bertz CT molecular complexity index is 201. The Morgan fingerprint density at radius 1 is 1.20 bits per heavy atom.